The molecule has 0 radical (unpaired) electrons. The van der Waals surface area contributed by atoms with Crippen molar-refractivity contribution in [1.82, 2.24) is 0 Å². The maximum Gasteiger partial charge on any atom is 0.330 e. The second-order valence-electron chi connectivity index (χ2n) is 4.46. The topological polar surface area (TPSA) is 52.6 Å². The Hall–Kier alpha value is -1.32. The largest absolute Gasteiger partial charge is 0.465 e. The minimum atomic E-state index is -0.463. The van der Waals surface area contributed by atoms with E-state index in [1.165, 1.54) is 0 Å². The molecule has 16 heavy (non-hydrogen) atoms. The van der Waals surface area contributed by atoms with E-state index >= 15 is 0 Å². The molecule has 0 unspecified atom stereocenters. The van der Waals surface area contributed by atoms with Gasteiger partial charge in [0.15, 0.2) is 0 Å². The van der Waals surface area contributed by atoms with Crippen molar-refractivity contribution in [3.05, 3.63) is 12.7 Å². The zero-order chi connectivity index (χ0) is 12.6. The number of ether oxygens (including phenoxy) is 2. The monoisotopic (exact) mass is 228 g/mol. The number of hydrogen-bond donors (Lipinski definition) is 0. The molecule has 0 saturated carbocycles. The van der Waals surface area contributed by atoms with Crippen molar-refractivity contribution in [2.75, 3.05) is 13.2 Å². The molecule has 0 N–H and O–H groups in total. The molecule has 0 saturated heterocycles. The summed E-state index contributed by atoms with van der Waals surface area (Å²) in [7, 11) is 0. The highest BCUT2D eigenvalue weighted by molar-refractivity contribution is 5.81. The fourth-order valence-electron chi connectivity index (χ4n) is 0.817. The standard InChI is InChI=1S/C12H20O4/c1-5-10(13)15-8-6-7-9-16-11(14)12(2,3)4/h5H,1,6-9H2,2-4H3. The molecule has 4 nitrogen and oxygen atoms in total. The molecule has 0 bridgehead atoms. The van der Waals surface area contributed by atoms with Gasteiger partial charge in [-0.15, -0.1) is 0 Å². The highest BCUT2D eigenvalue weighted by Gasteiger charge is 2.22. The zero-order valence-corrected chi connectivity index (χ0v) is 10.2. The Balaban J connectivity index is 3.44. The number of carbonyl (C=O) groups excluding carboxylic acids is 2. The van der Waals surface area contributed by atoms with Gasteiger partial charge >= 0.3 is 11.9 Å². The van der Waals surface area contributed by atoms with Crippen LogP contribution in [-0.4, -0.2) is 25.2 Å². The maximum atomic E-state index is 11.3. The Morgan fingerprint density at radius 1 is 1.12 bits per heavy atom. The van der Waals surface area contributed by atoms with E-state index in [2.05, 4.69) is 6.58 Å². The zero-order valence-electron chi connectivity index (χ0n) is 10.2. The van der Waals surface area contributed by atoms with Crippen molar-refractivity contribution in [1.29, 1.82) is 0 Å². The van der Waals surface area contributed by atoms with Gasteiger partial charge < -0.3 is 9.47 Å². The molecular weight excluding hydrogens is 208 g/mol. The molecule has 0 aliphatic rings. The lowest BCUT2D eigenvalue weighted by atomic mass is 9.97. The van der Waals surface area contributed by atoms with Gasteiger partial charge in [-0.1, -0.05) is 6.58 Å². The number of esters is 2. The molecule has 4 heteroatoms. The van der Waals surface area contributed by atoms with Crippen LogP contribution in [0.2, 0.25) is 0 Å². The Morgan fingerprint density at radius 3 is 2.06 bits per heavy atom. The van der Waals surface area contributed by atoms with Gasteiger partial charge in [-0.05, 0) is 33.6 Å². The van der Waals surface area contributed by atoms with Crippen molar-refractivity contribution in [3.63, 3.8) is 0 Å². The van der Waals surface area contributed by atoms with E-state index in [0.717, 1.165) is 6.08 Å². The van der Waals surface area contributed by atoms with Crippen molar-refractivity contribution in [2.24, 2.45) is 5.41 Å². The van der Waals surface area contributed by atoms with E-state index in [0.29, 0.717) is 26.1 Å². The smallest absolute Gasteiger partial charge is 0.330 e. The van der Waals surface area contributed by atoms with Gasteiger partial charge in [-0.2, -0.15) is 0 Å². The molecule has 0 aromatic carbocycles. The average Bonchev–Trinajstić information content (AvgIpc) is 2.20. The summed E-state index contributed by atoms with van der Waals surface area (Å²) in [5.74, 6) is -0.637. The van der Waals surface area contributed by atoms with Crippen LogP contribution < -0.4 is 0 Å². The number of carbonyl (C=O) groups is 2. The van der Waals surface area contributed by atoms with E-state index in [4.69, 9.17) is 9.47 Å². The van der Waals surface area contributed by atoms with Gasteiger partial charge in [0, 0.05) is 6.08 Å². The Labute approximate surface area is 96.6 Å². The third-order valence-electron chi connectivity index (χ3n) is 1.80. The summed E-state index contributed by atoms with van der Waals surface area (Å²) in [4.78, 5) is 22.0. The van der Waals surface area contributed by atoms with Crippen LogP contribution in [0.15, 0.2) is 12.7 Å². The summed E-state index contributed by atoms with van der Waals surface area (Å²) in [6, 6.07) is 0. The van der Waals surface area contributed by atoms with E-state index in [1.807, 2.05) is 0 Å². The summed E-state index contributed by atoms with van der Waals surface area (Å²) in [5, 5.41) is 0. The van der Waals surface area contributed by atoms with Crippen LogP contribution in [0, 0.1) is 5.41 Å². The van der Waals surface area contributed by atoms with Gasteiger partial charge in [-0.3, -0.25) is 4.79 Å². The number of unbranched alkanes of at least 4 members (excludes halogenated alkanes) is 1. The molecule has 0 aliphatic heterocycles. The minimum absolute atomic E-state index is 0.212. The molecule has 92 valence electrons. The lowest BCUT2D eigenvalue weighted by Gasteiger charge is -2.16. The van der Waals surface area contributed by atoms with E-state index in [-0.39, 0.29) is 5.97 Å². The SMILES string of the molecule is C=CC(=O)OCCCCOC(=O)C(C)(C)C. The molecule has 0 spiro atoms. The van der Waals surface area contributed by atoms with Crippen LogP contribution in [-0.2, 0) is 19.1 Å². The van der Waals surface area contributed by atoms with Crippen LogP contribution in [0.3, 0.4) is 0 Å². The Bertz CT molecular complexity index is 250. The molecule has 0 aliphatic carbocycles. The molecule has 0 amide bonds. The van der Waals surface area contributed by atoms with Crippen LogP contribution >= 0.6 is 0 Å². The first kappa shape index (κ1) is 14.7. The van der Waals surface area contributed by atoms with Crippen molar-refractivity contribution in [2.45, 2.75) is 33.6 Å². The van der Waals surface area contributed by atoms with Crippen LogP contribution in [0.5, 0.6) is 0 Å². The van der Waals surface area contributed by atoms with Crippen LogP contribution in [0.1, 0.15) is 33.6 Å². The number of rotatable bonds is 6. The van der Waals surface area contributed by atoms with Crippen LogP contribution in [0.4, 0.5) is 0 Å². The van der Waals surface area contributed by atoms with Gasteiger partial charge in [0.05, 0.1) is 18.6 Å². The van der Waals surface area contributed by atoms with Crippen molar-refractivity contribution >= 4 is 11.9 Å². The predicted molar refractivity (Wildman–Crippen MR) is 60.8 cm³/mol. The fourth-order valence-corrected chi connectivity index (χ4v) is 0.817. The molecule has 0 rings (SSSR count). The van der Waals surface area contributed by atoms with E-state index < -0.39 is 11.4 Å². The number of hydrogen-bond acceptors (Lipinski definition) is 4. The molecule has 0 aromatic heterocycles. The first-order valence-corrected chi connectivity index (χ1v) is 5.34. The molecule has 0 atom stereocenters. The summed E-state index contributed by atoms with van der Waals surface area (Å²) in [6.07, 6.45) is 2.49. The Kier molecular flexibility index (Phi) is 6.46. The fraction of sp³-hybridized carbons (Fsp3) is 0.667. The summed E-state index contributed by atoms with van der Waals surface area (Å²) in [6.45, 7) is 9.40. The Morgan fingerprint density at radius 2 is 1.62 bits per heavy atom. The average molecular weight is 228 g/mol. The van der Waals surface area contributed by atoms with Gasteiger partial charge in [-0.25, -0.2) is 4.79 Å². The minimum Gasteiger partial charge on any atom is -0.465 e. The van der Waals surface area contributed by atoms with Gasteiger partial charge in [0.25, 0.3) is 0 Å². The highest BCUT2D eigenvalue weighted by atomic mass is 16.5. The molecule has 0 fully saturated rings. The second kappa shape index (κ2) is 7.04. The molecule has 0 heterocycles. The highest BCUT2D eigenvalue weighted by Crippen LogP contribution is 2.15. The van der Waals surface area contributed by atoms with Crippen molar-refractivity contribution < 1.29 is 19.1 Å². The van der Waals surface area contributed by atoms with E-state index in [1.54, 1.807) is 20.8 Å². The summed E-state index contributed by atoms with van der Waals surface area (Å²) >= 11 is 0. The third kappa shape index (κ3) is 7.04. The maximum absolute atomic E-state index is 11.3. The van der Waals surface area contributed by atoms with Crippen molar-refractivity contribution in [3.8, 4) is 0 Å². The normalized spacial score (nSPS) is 10.7. The first-order chi connectivity index (χ1) is 7.38. The lowest BCUT2D eigenvalue weighted by molar-refractivity contribution is -0.153. The molecule has 0 aromatic rings. The lowest BCUT2D eigenvalue weighted by Crippen LogP contribution is -2.23. The van der Waals surface area contributed by atoms with Gasteiger partial charge in [0.1, 0.15) is 0 Å². The molecular formula is C12H20O4. The van der Waals surface area contributed by atoms with E-state index in [9.17, 15) is 9.59 Å². The summed E-state index contributed by atoms with van der Waals surface area (Å²) < 4.78 is 9.81. The summed E-state index contributed by atoms with van der Waals surface area (Å²) in [5.41, 5.74) is -0.463. The van der Waals surface area contributed by atoms with Gasteiger partial charge in [0.2, 0.25) is 0 Å². The third-order valence-corrected chi connectivity index (χ3v) is 1.80. The predicted octanol–water partition coefficient (Wildman–Crippen LogP) is 2.09. The second-order valence-corrected chi connectivity index (χ2v) is 4.46. The van der Waals surface area contributed by atoms with Crippen LogP contribution in [0.25, 0.3) is 0 Å². The quantitative estimate of drug-likeness (QED) is 0.397. The first-order valence-electron chi connectivity index (χ1n) is 5.34.